The van der Waals surface area contributed by atoms with Gasteiger partial charge in [0.05, 0.1) is 20.0 Å². The number of methoxy groups -OCH3 is 2. The van der Waals surface area contributed by atoms with Gasteiger partial charge >= 0.3 is 0 Å². The van der Waals surface area contributed by atoms with Gasteiger partial charge in [-0.1, -0.05) is 36.4 Å². The zero-order valence-corrected chi connectivity index (χ0v) is 15.5. The lowest BCUT2D eigenvalue weighted by Crippen LogP contribution is -2.28. The van der Waals surface area contributed by atoms with E-state index in [1.165, 1.54) is 0 Å². The van der Waals surface area contributed by atoms with Gasteiger partial charge in [0.15, 0.2) is 11.5 Å². The van der Waals surface area contributed by atoms with Crippen molar-refractivity contribution < 1.29 is 17.9 Å². The molecular weight excluding hydrogens is 338 g/mol. The predicted molar refractivity (Wildman–Crippen MR) is 99.8 cm³/mol. The van der Waals surface area contributed by atoms with E-state index in [0.29, 0.717) is 30.9 Å². The van der Waals surface area contributed by atoms with Crippen LogP contribution in [0, 0.1) is 0 Å². The lowest BCUT2D eigenvalue weighted by molar-refractivity contribution is 0.354. The van der Waals surface area contributed by atoms with Crippen LogP contribution in [-0.4, -0.2) is 34.9 Å². The monoisotopic (exact) mass is 363 g/mol. The molecule has 0 aromatic heterocycles. The Morgan fingerprint density at radius 2 is 1.60 bits per heavy atom. The number of aryl methyl sites for hydroxylation is 1. The van der Waals surface area contributed by atoms with Gasteiger partial charge in [-0.2, -0.15) is 0 Å². The molecule has 136 valence electrons. The van der Waals surface area contributed by atoms with Crippen LogP contribution in [-0.2, 0) is 22.9 Å². The fraction of sp³-hybridized carbons (Fsp3) is 0.368. The van der Waals surface area contributed by atoms with E-state index in [0.717, 1.165) is 17.5 Å². The van der Waals surface area contributed by atoms with Gasteiger partial charge in [-0.05, 0) is 42.5 Å². The van der Waals surface area contributed by atoms with Crippen LogP contribution in [0.3, 0.4) is 0 Å². The van der Waals surface area contributed by atoms with Gasteiger partial charge in [-0.25, -0.2) is 13.1 Å². The summed E-state index contributed by atoms with van der Waals surface area (Å²) in [6.07, 6.45) is 1.96. The van der Waals surface area contributed by atoms with Gasteiger partial charge < -0.3 is 9.47 Å². The minimum Gasteiger partial charge on any atom is -0.493 e. The van der Waals surface area contributed by atoms with E-state index >= 15 is 0 Å². The molecule has 0 saturated carbocycles. The number of sulfonamides is 1. The van der Waals surface area contributed by atoms with Crippen LogP contribution in [0.1, 0.15) is 17.5 Å². The van der Waals surface area contributed by atoms with Gasteiger partial charge in [0.2, 0.25) is 10.0 Å². The van der Waals surface area contributed by atoms with Crippen LogP contribution < -0.4 is 14.2 Å². The van der Waals surface area contributed by atoms with Crippen LogP contribution >= 0.6 is 0 Å². The smallest absolute Gasteiger partial charge is 0.211 e. The summed E-state index contributed by atoms with van der Waals surface area (Å²) >= 11 is 0. The molecule has 0 unspecified atom stereocenters. The molecule has 0 aliphatic rings. The molecule has 0 heterocycles. The number of benzene rings is 2. The van der Waals surface area contributed by atoms with Crippen LogP contribution in [0.2, 0.25) is 0 Å². The maximum Gasteiger partial charge on any atom is 0.211 e. The average molecular weight is 363 g/mol. The molecule has 25 heavy (non-hydrogen) atoms. The van der Waals surface area contributed by atoms with Crippen molar-refractivity contribution in [2.24, 2.45) is 0 Å². The predicted octanol–water partition coefficient (Wildman–Crippen LogP) is 2.80. The van der Waals surface area contributed by atoms with E-state index in [1.807, 2.05) is 48.5 Å². The number of rotatable bonds is 10. The molecule has 0 aliphatic heterocycles. The highest BCUT2D eigenvalue weighted by Gasteiger charge is 2.10. The second-order valence-electron chi connectivity index (χ2n) is 5.74. The van der Waals surface area contributed by atoms with Gasteiger partial charge in [-0.3, -0.25) is 0 Å². The molecule has 2 rings (SSSR count). The highest BCUT2D eigenvalue weighted by atomic mass is 32.2. The van der Waals surface area contributed by atoms with Crippen LogP contribution in [0.25, 0.3) is 0 Å². The topological polar surface area (TPSA) is 64.6 Å². The summed E-state index contributed by atoms with van der Waals surface area (Å²) < 4.78 is 37.3. The van der Waals surface area contributed by atoms with Crippen molar-refractivity contribution in [2.75, 3.05) is 26.5 Å². The van der Waals surface area contributed by atoms with E-state index in [-0.39, 0.29) is 5.75 Å². The standard InChI is InChI=1S/C19H25NO4S/c1-23-18-11-10-17(15-19(18)24-2)12-13-20-25(21,22)14-6-9-16-7-4-3-5-8-16/h3-5,7-8,10-11,15,20H,6,9,12-14H2,1-2H3. The summed E-state index contributed by atoms with van der Waals surface area (Å²) in [5.41, 5.74) is 2.15. The lowest BCUT2D eigenvalue weighted by atomic mass is 10.1. The average Bonchev–Trinajstić information content (AvgIpc) is 2.62. The Kier molecular flexibility index (Phi) is 7.28. The van der Waals surface area contributed by atoms with Crippen molar-refractivity contribution >= 4 is 10.0 Å². The molecule has 0 radical (unpaired) electrons. The molecule has 5 nitrogen and oxygen atoms in total. The summed E-state index contributed by atoms with van der Waals surface area (Å²) in [5, 5.41) is 0. The highest BCUT2D eigenvalue weighted by molar-refractivity contribution is 7.89. The van der Waals surface area contributed by atoms with Gasteiger partial charge in [0, 0.05) is 6.54 Å². The molecule has 0 saturated heterocycles. The Labute approximate surface area is 150 Å². The minimum atomic E-state index is -3.26. The Hall–Kier alpha value is -2.05. The fourth-order valence-electron chi connectivity index (χ4n) is 2.57. The summed E-state index contributed by atoms with van der Waals surface area (Å²) in [4.78, 5) is 0. The van der Waals surface area contributed by atoms with E-state index in [9.17, 15) is 8.42 Å². The Morgan fingerprint density at radius 3 is 2.28 bits per heavy atom. The van der Waals surface area contributed by atoms with Crippen molar-refractivity contribution in [3.8, 4) is 11.5 Å². The summed E-state index contributed by atoms with van der Waals surface area (Å²) in [5.74, 6) is 1.44. The minimum absolute atomic E-state index is 0.133. The van der Waals surface area contributed by atoms with E-state index in [1.54, 1.807) is 14.2 Å². The molecule has 0 amide bonds. The SMILES string of the molecule is COc1ccc(CCNS(=O)(=O)CCCc2ccccc2)cc1OC. The Morgan fingerprint density at radius 1 is 0.880 bits per heavy atom. The highest BCUT2D eigenvalue weighted by Crippen LogP contribution is 2.27. The first-order valence-electron chi connectivity index (χ1n) is 8.26. The van der Waals surface area contributed by atoms with Crippen molar-refractivity contribution in [3.63, 3.8) is 0 Å². The molecule has 0 fully saturated rings. The fourth-order valence-corrected chi connectivity index (χ4v) is 3.65. The van der Waals surface area contributed by atoms with Gasteiger partial charge in [-0.15, -0.1) is 0 Å². The van der Waals surface area contributed by atoms with Crippen molar-refractivity contribution in [2.45, 2.75) is 19.3 Å². The largest absolute Gasteiger partial charge is 0.493 e. The summed E-state index contributed by atoms with van der Waals surface area (Å²) in [7, 11) is -0.0915. The normalized spacial score (nSPS) is 11.3. The molecule has 0 bridgehead atoms. The number of nitrogens with one attached hydrogen (secondary N) is 1. The maximum atomic E-state index is 12.1. The quantitative estimate of drug-likeness (QED) is 0.705. The molecule has 0 spiro atoms. The molecule has 0 atom stereocenters. The summed E-state index contributed by atoms with van der Waals surface area (Å²) in [6.45, 7) is 0.364. The zero-order valence-electron chi connectivity index (χ0n) is 14.7. The third kappa shape index (κ3) is 6.40. The Bertz CT molecular complexity index is 760. The zero-order chi connectivity index (χ0) is 18.1. The number of ether oxygens (including phenoxy) is 2. The van der Waals surface area contributed by atoms with Gasteiger partial charge in [0.25, 0.3) is 0 Å². The third-order valence-electron chi connectivity index (χ3n) is 3.90. The van der Waals surface area contributed by atoms with E-state index in [2.05, 4.69) is 4.72 Å². The molecule has 1 N–H and O–H groups in total. The van der Waals surface area contributed by atoms with Gasteiger partial charge in [0.1, 0.15) is 0 Å². The van der Waals surface area contributed by atoms with E-state index < -0.39 is 10.0 Å². The maximum absolute atomic E-state index is 12.1. The Balaban J connectivity index is 1.78. The van der Waals surface area contributed by atoms with Crippen LogP contribution in [0.15, 0.2) is 48.5 Å². The first-order valence-corrected chi connectivity index (χ1v) is 9.91. The summed E-state index contributed by atoms with van der Waals surface area (Å²) in [6, 6.07) is 15.5. The van der Waals surface area contributed by atoms with Crippen molar-refractivity contribution in [3.05, 3.63) is 59.7 Å². The second-order valence-corrected chi connectivity index (χ2v) is 7.67. The number of hydrogen-bond acceptors (Lipinski definition) is 4. The molecule has 2 aromatic carbocycles. The first kappa shape index (κ1) is 19.3. The molecule has 6 heteroatoms. The van der Waals surface area contributed by atoms with Crippen LogP contribution in [0.4, 0.5) is 0 Å². The van der Waals surface area contributed by atoms with Crippen molar-refractivity contribution in [1.29, 1.82) is 0 Å². The van der Waals surface area contributed by atoms with Crippen molar-refractivity contribution in [1.82, 2.24) is 4.72 Å². The van der Waals surface area contributed by atoms with Crippen LogP contribution in [0.5, 0.6) is 11.5 Å². The second kappa shape index (κ2) is 9.44. The molecule has 0 aliphatic carbocycles. The third-order valence-corrected chi connectivity index (χ3v) is 5.38. The lowest BCUT2D eigenvalue weighted by Gasteiger charge is -2.10. The molecule has 2 aromatic rings. The molecular formula is C19H25NO4S. The number of hydrogen-bond donors (Lipinski definition) is 1. The van der Waals surface area contributed by atoms with E-state index in [4.69, 9.17) is 9.47 Å². The first-order chi connectivity index (χ1) is 12.0.